The fraction of sp³-hybridized carbons (Fsp3) is 0.600. The Hall–Kier alpha value is -0.640. The highest BCUT2D eigenvalue weighted by molar-refractivity contribution is 6.31. The van der Waals surface area contributed by atoms with Gasteiger partial charge in [0, 0.05) is 18.6 Å². The smallest absolute Gasteiger partial charge is 0.142 e. The van der Waals surface area contributed by atoms with Crippen LogP contribution in [0.1, 0.15) is 25.8 Å². The van der Waals surface area contributed by atoms with E-state index >= 15 is 0 Å². The van der Waals surface area contributed by atoms with Gasteiger partial charge in [-0.25, -0.2) is 4.39 Å². The van der Waals surface area contributed by atoms with Gasteiger partial charge in [0.1, 0.15) is 5.82 Å². The minimum absolute atomic E-state index is 0.247. The van der Waals surface area contributed by atoms with E-state index in [0.717, 1.165) is 31.6 Å². The van der Waals surface area contributed by atoms with E-state index in [1.807, 2.05) is 6.07 Å². The van der Waals surface area contributed by atoms with E-state index in [-0.39, 0.29) is 23.0 Å². The SMILES string of the molecule is CCNC(Cc1cccc(F)c1Cl)C1CCOC1C. The summed E-state index contributed by atoms with van der Waals surface area (Å²) >= 11 is 6.05. The fourth-order valence-corrected chi connectivity index (χ4v) is 3.06. The van der Waals surface area contributed by atoms with E-state index in [9.17, 15) is 4.39 Å². The van der Waals surface area contributed by atoms with Crippen LogP contribution in [0.2, 0.25) is 5.02 Å². The molecular formula is C15H21ClFNO. The molecule has 3 unspecified atom stereocenters. The van der Waals surface area contributed by atoms with Crippen molar-refractivity contribution in [3.05, 3.63) is 34.6 Å². The minimum Gasteiger partial charge on any atom is -0.378 e. The first-order valence-corrected chi connectivity index (χ1v) is 7.29. The lowest BCUT2D eigenvalue weighted by atomic mass is 9.89. The number of hydrogen-bond acceptors (Lipinski definition) is 2. The molecule has 4 heteroatoms. The van der Waals surface area contributed by atoms with Gasteiger partial charge in [0.2, 0.25) is 0 Å². The first-order valence-electron chi connectivity index (χ1n) is 6.91. The van der Waals surface area contributed by atoms with Gasteiger partial charge in [0.05, 0.1) is 11.1 Å². The van der Waals surface area contributed by atoms with E-state index < -0.39 is 0 Å². The third kappa shape index (κ3) is 3.47. The molecule has 0 radical (unpaired) electrons. The Kier molecular flexibility index (Phi) is 5.20. The Balaban J connectivity index is 2.14. The summed E-state index contributed by atoms with van der Waals surface area (Å²) < 4.78 is 19.1. The van der Waals surface area contributed by atoms with Gasteiger partial charge in [-0.3, -0.25) is 0 Å². The van der Waals surface area contributed by atoms with Gasteiger partial charge in [-0.15, -0.1) is 0 Å². The Bertz CT molecular complexity index is 427. The number of benzene rings is 1. The van der Waals surface area contributed by atoms with Crippen LogP contribution in [-0.4, -0.2) is 25.3 Å². The van der Waals surface area contributed by atoms with Crippen molar-refractivity contribution in [2.45, 2.75) is 38.8 Å². The molecule has 1 aromatic carbocycles. The molecule has 1 saturated heterocycles. The van der Waals surface area contributed by atoms with Crippen molar-refractivity contribution in [3.8, 4) is 0 Å². The van der Waals surface area contributed by atoms with Crippen LogP contribution in [0.4, 0.5) is 4.39 Å². The summed E-state index contributed by atoms with van der Waals surface area (Å²) in [6, 6.07) is 5.29. The first kappa shape index (κ1) is 14.8. The van der Waals surface area contributed by atoms with Crippen molar-refractivity contribution in [1.82, 2.24) is 5.32 Å². The predicted molar refractivity (Wildman–Crippen MR) is 76.1 cm³/mol. The van der Waals surface area contributed by atoms with Crippen LogP contribution in [0.25, 0.3) is 0 Å². The zero-order valence-corrected chi connectivity index (χ0v) is 12.2. The molecule has 1 fully saturated rings. The second-order valence-electron chi connectivity index (χ2n) is 5.11. The second-order valence-corrected chi connectivity index (χ2v) is 5.49. The first-order chi connectivity index (χ1) is 9.13. The predicted octanol–water partition coefficient (Wildman–Crippen LogP) is 3.42. The maximum Gasteiger partial charge on any atom is 0.142 e. The maximum absolute atomic E-state index is 13.5. The molecule has 0 spiro atoms. The summed E-state index contributed by atoms with van der Waals surface area (Å²) in [5, 5.41) is 3.74. The van der Waals surface area contributed by atoms with Crippen molar-refractivity contribution in [1.29, 1.82) is 0 Å². The standard InChI is InChI=1S/C15H21ClFNO/c1-3-18-14(12-7-8-19-10(12)2)9-11-5-4-6-13(17)15(11)16/h4-6,10,12,14,18H,3,7-9H2,1-2H3. The van der Waals surface area contributed by atoms with Crippen molar-refractivity contribution in [2.24, 2.45) is 5.92 Å². The summed E-state index contributed by atoms with van der Waals surface area (Å²) in [5.74, 6) is 0.115. The average molecular weight is 286 g/mol. The number of likely N-dealkylation sites (N-methyl/N-ethyl adjacent to an activating group) is 1. The van der Waals surface area contributed by atoms with Crippen molar-refractivity contribution in [2.75, 3.05) is 13.2 Å². The molecule has 1 aromatic rings. The molecule has 2 rings (SSSR count). The molecule has 3 atom stereocenters. The zero-order chi connectivity index (χ0) is 13.8. The quantitative estimate of drug-likeness (QED) is 0.895. The Labute approximate surface area is 119 Å². The van der Waals surface area contributed by atoms with Crippen LogP contribution < -0.4 is 5.32 Å². The molecule has 2 nitrogen and oxygen atoms in total. The van der Waals surface area contributed by atoms with Gasteiger partial charge in [-0.1, -0.05) is 30.7 Å². The number of rotatable bonds is 5. The highest BCUT2D eigenvalue weighted by atomic mass is 35.5. The van der Waals surface area contributed by atoms with Crippen molar-refractivity contribution < 1.29 is 9.13 Å². The Morgan fingerprint density at radius 1 is 1.53 bits per heavy atom. The van der Waals surface area contributed by atoms with E-state index in [0.29, 0.717) is 5.92 Å². The zero-order valence-electron chi connectivity index (χ0n) is 11.5. The van der Waals surface area contributed by atoms with Crippen LogP contribution in [0.3, 0.4) is 0 Å². The normalized spacial score (nSPS) is 24.6. The molecule has 0 aliphatic carbocycles. The Morgan fingerprint density at radius 3 is 2.95 bits per heavy atom. The van der Waals surface area contributed by atoms with Crippen LogP contribution in [0.15, 0.2) is 18.2 Å². The molecule has 1 aliphatic heterocycles. The Morgan fingerprint density at radius 2 is 2.32 bits per heavy atom. The molecule has 106 valence electrons. The molecule has 0 aromatic heterocycles. The van der Waals surface area contributed by atoms with Gasteiger partial charge < -0.3 is 10.1 Å². The van der Waals surface area contributed by atoms with Crippen LogP contribution in [-0.2, 0) is 11.2 Å². The summed E-state index contributed by atoms with van der Waals surface area (Å²) in [5.41, 5.74) is 0.867. The molecular weight excluding hydrogens is 265 g/mol. The molecule has 0 amide bonds. The van der Waals surface area contributed by atoms with E-state index in [1.165, 1.54) is 6.07 Å². The fourth-order valence-electron chi connectivity index (χ4n) is 2.86. The van der Waals surface area contributed by atoms with Crippen LogP contribution in [0.5, 0.6) is 0 Å². The van der Waals surface area contributed by atoms with Gasteiger partial charge in [0.15, 0.2) is 0 Å². The number of hydrogen-bond donors (Lipinski definition) is 1. The molecule has 0 bridgehead atoms. The lowest BCUT2D eigenvalue weighted by Gasteiger charge is -2.27. The third-order valence-electron chi connectivity index (χ3n) is 3.89. The molecule has 1 heterocycles. The number of nitrogens with one attached hydrogen (secondary N) is 1. The molecule has 1 N–H and O–H groups in total. The summed E-state index contributed by atoms with van der Waals surface area (Å²) in [6.45, 7) is 5.89. The van der Waals surface area contributed by atoms with Crippen molar-refractivity contribution in [3.63, 3.8) is 0 Å². The average Bonchev–Trinajstić information content (AvgIpc) is 2.80. The highest BCUT2D eigenvalue weighted by Crippen LogP contribution is 2.28. The van der Waals surface area contributed by atoms with E-state index in [4.69, 9.17) is 16.3 Å². The lowest BCUT2D eigenvalue weighted by Crippen LogP contribution is -2.40. The second kappa shape index (κ2) is 6.69. The highest BCUT2D eigenvalue weighted by Gasteiger charge is 2.31. The van der Waals surface area contributed by atoms with Gasteiger partial charge >= 0.3 is 0 Å². The van der Waals surface area contributed by atoms with E-state index in [2.05, 4.69) is 19.2 Å². The lowest BCUT2D eigenvalue weighted by molar-refractivity contribution is 0.0956. The minimum atomic E-state index is -0.342. The summed E-state index contributed by atoms with van der Waals surface area (Å²) in [6.07, 6.45) is 2.03. The molecule has 1 aliphatic rings. The maximum atomic E-state index is 13.5. The van der Waals surface area contributed by atoms with Gasteiger partial charge in [0.25, 0.3) is 0 Å². The van der Waals surface area contributed by atoms with Gasteiger partial charge in [-0.05, 0) is 37.9 Å². The van der Waals surface area contributed by atoms with Crippen LogP contribution >= 0.6 is 11.6 Å². The van der Waals surface area contributed by atoms with E-state index in [1.54, 1.807) is 6.07 Å². The van der Waals surface area contributed by atoms with Crippen molar-refractivity contribution >= 4 is 11.6 Å². The topological polar surface area (TPSA) is 21.3 Å². The molecule has 19 heavy (non-hydrogen) atoms. The van der Waals surface area contributed by atoms with Gasteiger partial charge in [-0.2, -0.15) is 0 Å². The largest absolute Gasteiger partial charge is 0.378 e. The van der Waals surface area contributed by atoms with Crippen LogP contribution in [0, 0.1) is 11.7 Å². The summed E-state index contributed by atoms with van der Waals surface area (Å²) in [4.78, 5) is 0. The molecule has 0 saturated carbocycles. The third-order valence-corrected chi connectivity index (χ3v) is 4.31. The summed E-state index contributed by atoms with van der Waals surface area (Å²) in [7, 11) is 0. The number of ether oxygens (including phenoxy) is 1. The number of halogens is 2. The monoisotopic (exact) mass is 285 g/mol.